The van der Waals surface area contributed by atoms with E-state index in [0.717, 1.165) is 50.4 Å². The summed E-state index contributed by atoms with van der Waals surface area (Å²) >= 11 is 5.32. The van der Waals surface area contributed by atoms with Gasteiger partial charge in [-0.05, 0) is 43.6 Å². The third kappa shape index (κ3) is 4.70. The maximum absolute atomic E-state index is 11.5. The van der Waals surface area contributed by atoms with Gasteiger partial charge in [0.15, 0.2) is 5.11 Å². The number of piperidine rings is 1. The molecule has 2 saturated heterocycles. The molecule has 1 N–H and O–H groups in total. The minimum atomic E-state index is -0.291. The number of nitrogens with zero attached hydrogens (tertiary/aromatic N) is 4. The number of hydrogen-bond donors (Lipinski definition) is 1. The van der Waals surface area contributed by atoms with Gasteiger partial charge >= 0.3 is 0 Å². The number of amides is 1. The number of thiocarbonyl (C=S) groups is 1. The van der Waals surface area contributed by atoms with Crippen molar-refractivity contribution in [3.63, 3.8) is 0 Å². The molecule has 0 spiro atoms. The Kier molecular flexibility index (Phi) is 6.66. The summed E-state index contributed by atoms with van der Waals surface area (Å²) in [6, 6.07) is 5.41. The number of benzene rings is 1. The van der Waals surface area contributed by atoms with Gasteiger partial charge in [0.2, 0.25) is 5.91 Å². The van der Waals surface area contributed by atoms with Gasteiger partial charge in [0.1, 0.15) is 5.69 Å². The first-order valence-electron chi connectivity index (χ1n) is 9.86. The molecule has 8 nitrogen and oxygen atoms in total. The standard InChI is InChI=1S/C19H27N5O3S/c1-2-18(25)20-19(28)23-12-10-21(11-13-23)15-6-7-16(24(26)27)17(14-15)22-8-4-3-5-9-22/h6-7,14H,2-5,8-13H2,1H3,(H,20,25,28). The first kappa shape index (κ1) is 20.3. The van der Waals surface area contributed by atoms with Crippen LogP contribution >= 0.6 is 12.2 Å². The predicted octanol–water partition coefficient (Wildman–Crippen LogP) is 2.52. The first-order valence-corrected chi connectivity index (χ1v) is 10.3. The number of nitro groups is 1. The minimum absolute atomic E-state index is 0.0750. The second-order valence-corrected chi connectivity index (χ2v) is 7.55. The molecule has 1 aromatic rings. The molecule has 2 aliphatic heterocycles. The molecule has 2 fully saturated rings. The molecular weight excluding hydrogens is 378 g/mol. The molecule has 0 aliphatic carbocycles. The number of nitro benzene ring substituents is 1. The monoisotopic (exact) mass is 405 g/mol. The van der Waals surface area contributed by atoms with E-state index in [1.165, 1.54) is 6.42 Å². The lowest BCUT2D eigenvalue weighted by atomic mass is 10.1. The van der Waals surface area contributed by atoms with Gasteiger partial charge in [-0.25, -0.2) is 0 Å². The topological polar surface area (TPSA) is 82.0 Å². The Bertz CT molecular complexity index is 743. The van der Waals surface area contributed by atoms with Gasteiger partial charge in [0.25, 0.3) is 5.69 Å². The van der Waals surface area contributed by atoms with E-state index in [4.69, 9.17) is 12.2 Å². The van der Waals surface area contributed by atoms with Crippen LogP contribution in [0.15, 0.2) is 18.2 Å². The fraction of sp³-hybridized carbons (Fsp3) is 0.579. The first-order chi connectivity index (χ1) is 13.5. The molecule has 0 bridgehead atoms. The summed E-state index contributed by atoms with van der Waals surface area (Å²) in [6.07, 6.45) is 3.73. The number of rotatable bonds is 4. The summed E-state index contributed by atoms with van der Waals surface area (Å²) in [6.45, 7) is 6.44. The van der Waals surface area contributed by atoms with Gasteiger partial charge in [-0.15, -0.1) is 0 Å². The Morgan fingerprint density at radius 1 is 1.11 bits per heavy atom. The molecule has 9 heteroatoms. The van der Waals surface area contributed by atoms with Gasteiger partial charge in [0, 0.05) is 57.4 Å². The molecule has 28 heavy (non-hydrogen) atoms. The molecule has 1 aromatic carbocycles. The highest BCUT2D eigenvalue weighted by molar-refractivity contribution is 7.80. The van der Waals surface area contributed by atoms with Crippen LogP contribution in [-0.4, -0.2) is 60.1 Å². The number of piperazine rings is 1. The van der Waals surface area contributed by atoms with Crippen LogP contribution in [0.3, 0.4) is 0 Å². The van der Waals surface area contributed by atoms with Gasteiger partial charge < -0.3 is 20.0 Å². The lowest BCUT2D eigenvalue weighted by Gasteiger charge is -2.37. The Labute approximate surface area is 170 Å². The third-order valence-corrected chi connectivity index (χ3v) is 5.71. The van der Waals surface area contributed by atoms with Crippen molar-refractivity contribution in [1.29, 1.82) is 0 Å². The fourth-order valence-electron chi connectivity index (χ4n) is 3.71. The molecule has 0 aromatic heterocycles. The summed E-state index contributed by atoms with van der Waals surface area (Å²) in [5.74, 6) is -0.0750. The van der Waals surface area contributed by atoms with E-state index in [2.05, 4.69) is 15.1 Å². The zero-order chi connectivity index (χ0) is 20.1. The Balaban J connectivity index is 1.70. The predicted molar refractivity (Wildman–Crippen MR) is 114 cm³/mol. The van der Waals surface area contributed by atoms with Crippen LogP contribution in [0.25, 0.3) is 0 Å². The maximum atomic E-state index is 11.5. The van der Waals surface area contributed by atoms with Crippen LogP contribution in [0.1, 0.15) is 32.6 Å². The second kappa shape index (κ2) is 9.18. The zero-order valence-corrected chi connectivity index (χ0v) is 17.0. The molecule has 0 unspecified atom stereocenters. The highest BCUT2D eigenvalue weighted by atomic mass is 32.1. The smallest absolute Gasteiger partial charge is 0.292 e. The highest BCUT2D eigenvalue weighted by Gasteiger charge is 2.25. The van der Waals surface area contributed by atoms with E-state index in [0.29, 0.717) is 24.6 Å². The van der Waals surface area contributed by atoms with Crippen molar-refractivity contribution in [2.24, 2.45) is 0 Å². The number of anilines is 2. The Morgan fingerprint density at radius 3 is 2.39 bits per heavy atom. The molecule has 3 rings (SSSR count). The van der Waals surface area contributed by atoms with Gasteiger partial charge in [-0.1, -0.05) is 6.92 Å². The normalized spacial score (nSPS) is 17.4. The molecule has 0 atom stereocenters. The third-order valence-electron chi connectivity index (χ3n) is 5.35. The Hall–Kier alpha value is -2.42. The molecule has 2 heterocycles. The van der Waals surface area contributed by atoms with Crippen LogP contribution < -0.4 is 15.1 Å². The van der Waals surface area contributed by atoms with Crippen molar-refractivity contribution >= 4 is 40.3 Å². The lowest BCUT2D eigenvalue weighted by Crippen LogP contribution is -2.52. The molecule has 0 saturated carbocycles. The van der Waals surface area contributed by atoms with E-state index >= 15 is 0 Å². The number of hydrogen-bond acceptors (Lipinski definition) is 6. The Morgan fingerprint density at radius 2 is 1.79 bits per heavy atom. The van der Waals surface area contributed by atoms with Crippen LogP contribution in [-0.2, 0) is 4.79 Å². The van der Waals surface area contributed by atoms with E-state index in [-0.39, 0.29) is 16.5 Å². The van der Waals surface area contributed by atoms with E-state index in [1.807, 2.05) is 17.0 Å². The second-order valence-electron chi connectivity index (χ2n) is 7.16. The van der Waals surface area contributed by atoms with Crippen molar-refractivity contribution in [3.05, 3.63) is 28.3 Å². The van der Waals surface area contributed by atoms with Gasteiger partial charge in [-0.3, -0.25) is 14.9 Å². The highest BCUT2D eigenvalue weighted by Crippen LogP contribution is 2.34. The largest absolute Gasteiger partial charge is 0.368 e. The lowest BCUT2D eigenvalue weighted by molar-refractivity contribution is -0.384. The quantitative estimate of drug-likeness (QED) is 0.468. The molecule has 0 radical (unpaired) electrons. The number of carbonyl (C=O) groups excluding carboxylic acids is 1. The van der Waals surface area contributed by atoms with Gasteiger partial charge in [-0.2, -0.15) is 0 Å². The number of carbonyl (C=O) groups is 1. The van der Waals surface area contributed by atoms with E-state index in [9.17, 15) is 14.9 Å². The average Bonchev–Trinajstić information content (AvgIpc) is 2.73. The van der Waals surface area contributed by atoms with Crippen LogP contribution in [0.4, 0.5) is 17.1 Å². The van der Waals surface area contributed by atoms with Crippen LogP contribution in [0.2, 0.25) is 0 Å². The SMILES string of the molecule is CCC(=O)NC(=S)N1CCN(c2ccc([N+](=O)[O-])c(N3CCCCC3)c2)CC1. The summed E-state index contributed by atoms with van der Waals surface area (Å²) < 4.78 is 0. The molecule has 1 amide bonds. The zero-order valence-electron chi connectivity index (χ0n) is 16.2. The van der Waals surface area contributed by atoms with Crippen LogP contribution in [0.5, 0.6) is 0 Å². The summed E-state index contributed by atoms with van der Waals surface area (Å²) in [7, 11) is 0. The fourth-order valence-corrected chi connectivity index (χ4v) is 4.00. The molecule has 2 aliphatic rings. The number of nitrogens with one attached hydrogen (secondary N) is 1. The van der Waals surface area contributed by atoms with Crippen molar-refractivity contribution in [2.45, 2.75) is 32.6 Å². The van der Waals surface area contributed by atoms with E-state index < -0.39 is 0 Å². The van der Waals surface area contributed by atoms with Crippen molar-refractivity contribution in [2.75, 3.05) is 49.1 Å². The maximum Gasteiger partial charge on any atom is 0.292 e. The summed E-state index contributed by atoms with van der Waals surface area (Å²) in [4.78, 5) is 29.1. The van der Waals surface area contributed by atoms with Crippen molar-refractivity contribution < 1.29 is 9.72 Å². The van der Waals surface area contributed by atoms with Crippen molar-refractivity contribution in [3.8, 4) is 0 Å². The molecule has 152 valence electrons. The summed E-state index contributed by atoms with van der Waals surface area (Å²) in [5, 5.41) is 14.7. The summed E-state index contributed by atoms with van der Waals surface area (Å²) in [5.41, 5.74) is 1.89. The minimum Gasteiger partial charge on any atom is -0.368 e. The van der Waals surface area contributed by atoms with Gasteiger partial charge in [0.05, 0.1) is 4.92 Å². The average molecular weight is 406 g/mol. The van der Waals surface area contributed by atoms with Crippen LogP contribution in [0, 0.1) is 10.1 Å². The van der Waals surface area contributed by atoms with E-state index in [1.54, 1.807) is 13.0 Å². The van der Waals surface area contributed by atoms with Crippen molar-refractivity contribution in [1.82, 2.24) is 10.2 Å². The molecular formula is C19H27N5O3S.